The molecule has 1 aromatic carbocycles. The number of sulfonamides is 1. The SMILES string of the molecule is CN(C)CCCNC(=O)[C@@H]1CCCN(S(=O)(=O)c2ccccc2)C1. The molecule has 24 heavy (non-hydrogen) atoms. The molecule has 0 unspecified atom stereocenters. The van der Waals surface area contributed by atoms with Gasteiger partial charge in [-0.05, 0) is 52.0 Å². The van der Waals surface area contributed by atoms with Gasteiger partial charge in [-0.25, -0.2) is 8.42 Å². The van der Waals surface area contributed by atoms with Gasteiger partial charge in [0.15, 0.2) is 0 Å². The summed E-state index contributed by atoms with van der Waals surface area (Å²) in [5.41, 5.74) is 0. The molecule has 7 heteroatoms. The monoisotopic (exact) mass is 353 g/mol. The Morgan fingerprint density at radius 3 is 2.67 bits per heavy atom. The van der Waals surface area contributed by atoms with Gasteiger partial charge in [-0.15, -0.1) is 0 Å². The van der Waals surface area contributed by atoms with Crippen LogP contribution in [0.25, 0.3) is 0 Å². The van der Waals surface area contributed by atoms with Crippen LogP contribution in [0, 0.1) is 5.92 Å². The van der Waals surface area contributed by atoms with Crippen LogP contribution in [0.15, 0.2) is 35.2 Å². The zero-order valence-corrected chi connectivity index (χ0v) is 15.3. The third kappa shape index (κ3) is 5.03. The molecule has 1 N–H and O–H groups in total. The van der Waals surface area contributed by atoms with Gasteiger partial charge in [-0.2, -0.15) is 4.31 Å². The van der Waals surface area contributed by atoms with E-state index in [1.54, 1.807) is 30.3 Å². The number of rotatable bonds is 7. The molecule has 0 bridgehead atoms. The Kier molecular flexibility index (Phi) is 6.77. The molecular weight excluding hydrogens is 326 g/mol. The summed E-state index contributed by atoms with van der Waals surface area (Å²) in [6, 6.07) is 8.41. The lowest BCUT2D eigenvalue weighted by Crippen LogP contribution is -2.45. The number of carbonyl (C=O) groups is 1. The van der Waals surface area contributed by atoms with Gasteiger partial charge in [-0.1, -0.05) is 18.2 Å². The van der Waals surface area contributed by atoms with Crippen LogP contribution in [0.1, 0.15) is 19.3 Å². The van der Waals surface area contributed by atoms with Crippen LogP contribution in [0.2, 0.25) is 0 Å². The van der Waals surface area contributed by atoms with E-state index in [1.807, 2.05) is 14.1 Å². The second kappa shape index (κ2) is 8.60. The van der Waals surface area contributed by atoms with Crippen molar-refractivity contribution in [3.8, 4) is 0 Å². The molecule has 0 spiro atoms. The van der Waals surface area contributed by atoms with Gasteiger partial charge in [0.25, 0.3) is 0 Å². The quantitative estimate of drug-likeness (QED) is 0.747. The maximum atomic E-state index is 12.7. The molecule has 0 saturated carbocycles. The zero-order valence-electron chi connectivity index (χ0n) is 14.4. The van der Waals surface area contributed by atoms with Crippen molar-refractivity contribution in [1.29, 1.82) is 0 Å². The molecule has 0 radical (unpaired) electrons. The van der Waals surface area contributed by atoms with Crippen molar-refractivity contribution >= 4 is 15.9 Å². The fourth-order valence-electron chi connectivity index (χ4n) is 2.87. The van der Waals surface area contributed by atoms with E-state index >= 15 is 0 Å². The summed E-state index contributed by atoms with van der Waals surface area (Å²) in [4.78, 5) is 14.7. The molecule has 1 amide bonds. The van der Waals surface area contributed by atoms with Crippen molar-refractivity contribution in [3.63, 3.8) is 0 Å². The molecule has 2 rings (SSSR count). The topological polar surface area (TPSA) is 69.7 Å². The third-order valence-electron chi connectivity index (χ3n) is 4.22. The van der Waals surface area contributed by atoms with Crippen LogP contribution in [0.3, 0.4) is 0 Å². The maximum Gasteiger partial charge on any atom is 0.243 e. The molecule has 1 aliphatic heterocycles. The van der Waals surface area contributed by atoms with E-state index in [9.17, 15) is 13.2 Å². The van der Waals surface area contributed by atoms with Crippen molar-refractivity contribution in [2.45, 2.75) is 24.2 Å². The number of hydrogen-bond acceptors (Lipinski definition) is 4. The molecule has 6 nitrogen and oxygen atoms in total. The molecule has 134 valence electrons. The van der Waals surface area contributed by atoms with E-state index in [0.717, 1.165) is 19.4 Å². The minimum absolute atomic E-state index is 0.0401. The van der Waals surface area contributed by atoms with E-state index in [4.69, 9.17) is 0 Å². The smallest absolute Gasteiger partial charge is 0.243 e. The number of hydrogen-bond donors (Lipinski definition) is 1. The number of nitrogens with one attached hydrogen (secondary N) is 1. The second-order valence-corrected chi connectivity index (χ2v) is 8.40. The largest absolute Gasteiger partial charge is 0.356 e. The van der Waals surface area contributed by atoms with E-state index in [1.165, 1.54) is 4.31 Å². The van der Waals surface area contributed by atoms with E-state index in [0.29, 0.717) is 19.5 Å². The van der Waals surface area contributed by atoms with Crippen molar-refractivity contribution in [3.05, 3.63) is 30.3 Å². The number of piperidine rings is 1. The molecule has 0 aromatic heterocycles. The van der Waals surface area contributed by atoms with E-state index < -0.39 is 10.0 Å². The number of nitrogens with zero attached hydrogens (tertiary/aromatic N) is 2. The molecule has 1 fully saturated rings. The molecule has 1 aromatic rings. The summed E-state index contributed by atoms with van der Waals surface area (Å²) in [7, 11) is 0.472. The van der Waals surface area contributed by atoms with Crippen molar-refractivity contribution in [2.24, 2.45) is 5.92 Å². The minimum atomic E-state index is -3.52. The van der Waals surface area contributed by atoms with Crippen LogP contribution >= 0.6 is 0 Å². The first-order chi connectivity index (χ1) is 11.4. The van der Waals surface area contributed by atoms with Gasteiger partial charge < -0.3 is 10.2 Å². The van der Waals surface area contributed by atoms with Crippen LogP contribution in [-0.2, 0) is 14.8 Å². The summed E-state index contributed by atoms with van der Waals surface area (Å²) in [6.45, 7) is 2.27. The zero-order chi connectivity index (χ0) is 17.6. The second-order valence-electron chi connectivity index (χ2n) is 6.46. The first kappa shape index (κ1) is 18.9. The average molecular weight is 353 g/mol. The molecule has 1 heterocycles. The van der Waals surface area contributed by atoms with Crippen LogP contribution < -0.4 is 5.32 Å². The Morgan fingerprint density at radius 1 is 1.29 bits per heavy atom. The van der Waals surface area contributed by atoms with Crippen LogP contribution in [-0.4, -0.2) is 63.8 Å². The highest BCUT2D eigenvalue weighted by Crippen LogP contribution is 2.23. The van der Waals surface area contributed by atoms with Gasteiger partial charge in [0.1, 0.15) is 0 Å². The van der Waals surface area contributed by atoms with E-state index in [-0.39, 0.29) is 23.3 Å². The molecule has 1 atom stereocenters. The third-order valence-corrected chi connectivity index (χ3v) is 6.10. The van der Waals surface area contributed by atoms with Gasteiger partial charge in [0, 0.05) is 19.6 Å². The first-order valence-corrected chi connectivity index (χ1v) is 9.83. The standard InChI is InChI=1S/C17H27N3O3S/c1-19(2)12-7-11-18-17(21)15-8-6-13-20(14-15)24(22,23)16-9-4-3-5-10-16/h3-5,9-10,15H,6-8,11-14H2,1-2H3,(H,18,21)/t15-/m1/s1. The Labute approximate surface area is 144 Å². The highest BCUT2D eigenvalue weighted by atomic mass is 32.2. The highest BCUT2D eigenvalue weighted by Gasteiger charge is 2.33. The lowest BCUT2D eigenvalue weighted by molar-refractivity contribution is -0.126. The lowest BCUT2D eigenvalue weighted by Gasteiger charge is -2.31. The summed E-state index contributed by atoms with van der Waals surface area (Å²) in [5.74, 6) is -0.307. The van der Waals surface area contributed by atoms with Crippen molar-refractivity contribution < 1.29 is 13.2 Å². The lowest BCUT2D eigenvalue weighted by atomic mass is 9.99. The minimum Gasteiger partial charge on any atom is -0.356 e. The fourth-order valence-corrected chi connectivity index (χ4v) is 4.41. The number of amides is 1. The van der Waals surface area contributed by atoms with Crippen molar-refractivity contribution in [2.75, 3.05) is 40.3 Å². The fraction of sp³-hybridized carbons (Fsp3) is 0.588. The Bertz CT molecular complexity index is 632. The van der Waals surface area contributed by atoms with Crippen molar-refractivity contribution in [1.82, 2.24) is 14.5 Å². The van der Waals surface area contributed by atoms with Crippen LogP contribution in [0.5, 0.6) is 0 Å². The average Bonchev–Trinajstić information content (AvgIpc) is 2.59. The molecule has 0 aliphatic carbocycles. The van der Waals surface area contributed by atoms with Gasteiger partial charge in [0.2, 0.25) is 15.9 Å². The first-order valence-electron chi connectivity index (χ1n) is 8.39. The molecule has 1 aliphatic rings. The number of carbonyl (C=O) groups excluding carboxylic acids is 1. The number of benzene rings is 1. The summed E-state index contributed by atoms with van der Waals surface area (Å²) in [5, 5.41) is 2.93. The molecule has 1 saturated heterocycles. The summed E-state index contributed by atoms with van der Waals surface area (Å²) in [6.07, 6.45) is 2.33. The van der Waals surface area contributed by atoms with Gasteiger partial charge >= 0.3 is 0 Å². The predicted octanol–water partition coefficient (Wildman–Crippen LogP) is 1.16. The summed E-state index contributed by atoms with van der Waals surface area (Å²) >= 11 is 0. The Morgan fingerprint density at radius 2 is 2.00 bits per heavy atom. The van der Waals surface area contributed by atoms with E-state index in [2.05, 4.69) is 10.2 Å². The Balaban J connectivity index is 1.93. The highest BCUT2D eigenvalue weighted by molar-refractivity contribution is 7.89. The van der Waals surface area contributed by atoms with Crippen LogP contribution in [0.4, 0.5) is 0 Å². The summed E-state index contributed by atoms with van der Waals surface area (Å²) < 4.78 is 26.8. The Hall–Kier alpha value is -1.44. The maximum absolute atomic E-state index is 12.7. The normalized spacial score (nSPS) is 19.4. The van der Waals surface area contributed by atoms with Gasteiger partial charge in [-0.3, -0.25) is 4.79 Å². The van der Waals surface area contributed by atoms with Gasteiger partial charge in [0.05, 0.1) is 10.8 Å². The molecular formula is C17H27N3O3S. The predicted molar refractivity (Wildman–Crippen MR) is 94.1 cm³/mol.